The van der Waals surface area contributed by atoms with Gasteiger partial charge in [-0.25, -0.2) is 0 Å². The van der Waals surface area contributed by atoms with E-state index in [-0.39, 0.29) is 23.7 Å². The van der Waals surface area contributed by atoms with Crippen LogP contribution >= 0.6 is 23.2 Å². The number of piperazine rings is 1. The monoisotopic (exact) mass is 724 g/mol. The van der Waals surface area contributed by atoms with Crippen LogP contribution in [0.5, 0.6) is 11.5 Å². The lowest BCUT2D eigenvalue weighted by Gasteiger charge is -2.32. The third-order valence-corrected chi connectivity index (χ3v) is 9.48. The van der Waals surface area contributed by atoms with E-state index >= 15 is 0 Å². The highest BCUT2D eigenvalue weighted by molar-refractivity contribution is 6.31. The molecule has 1 saturated heterocycles. The molecule has 50 heavy (non-hydrogen) atoms. The van der Waals surface area contributed by atoms with Crippen LogP contribution < -0.4 is 25.0 Å². The lowest BCUT2D eigenvalue weighted by molar-refractivity contribution is -0.143. The number of nitrogens with zero attached hydrogens (tertiary/aromatic N) is 2. The summed E-state index contributed by atoms with van der Waals surface area (Å²) in [7, 11) is 1.60. The highest BCUT2D eigenvalue weighted by Crippen LogP contribution is 2.45. The van der Waals surface area contributed by atoms with Crippen molar-refractivity contribution in [2.24, 2.45) is 5.41 Å². The second-order valence-electron chi connectivity index (χ2n) is 14.1. The number of benzene rings is 3. The summed E-state index contributed by atoms with van der Waals surface area (Å²) in [5, 5.41) is 8.09. The zero-order valence-corrected chi connectivity index (χ0v) is 31.1. The SMILES string of the molecule is COc1c(OCCCNCCCc2ccccc2Cl)cccc1[C@H]1O[C@H](CC(=O)N2CCNCC2)C(=O)N(CC(C)(C)C)c2ccc(Cl)cc21. The van der Waals surface area contributed by atoms with Crippen molar-refractivity contribution in [1.82, 2.24) is 15.5 Å². The van der Waals surface area contributed by atoms with Gasteiger partial charge in [0, 0.05) is 59.6 Å². The number of fused-ring (bicyclic) bond motifs is 1. The molecule has 2 aliphatic heterocycles. The van der Waals surface area contributed by atoms with Gasteiger partial charge in [-0.15, -0.1) is 0 Å². The Hall–Kier alpha value is -3.34. The minimum absolute atomic E-state index is 0.0679. The molecule has 0 aliphatic carbocycles. The average Bonchev–Trinajstić information content (AvgIpc) is 3.20. The fraction of sp³-hybridized carbons (Fsp3) is 0.487. The number of carbonyl (C=O) groups is 2. The van der Waals surface area contributed by atoms with Gasteiger partial charge in [0.25, 0.3) is 5.91 Å². The molecule has 3 aromatic carbocycles. The summed E-state index contributed by atoms with van der Waals surface area (Å²) in [4.78, 5) is 31.5. The number of para-hydroxylation sites is 1. The normalized spacial score (nSPS) is 18.1. The third-order valence-electron chi connectivity index (χ3n) is 8.88. The predicted octanol–water partition coefficient (Wildman–Crippen LogP) is 6.68. The summed E-state index contributed by atoms with van der Waals surface area (Å²) in [5.41, 5.74) is 3.05. The van der Waals surface area contributed by atoms with Crippen molar-refractivity contribution in [3.63, 3.8) is 0 Å². The molecule has 2 amide bonds. The van der Waals surface area contributed by atoms with Crippen LogP contribution in [0, 0.1) is 5.41 Å². The molecule has 5 rings (SSSR count). The number of ether oxygens (including phenoxy) is 3. The third kappa shape index (κ3) is 9.92. The Morgan fingerprint density at radius 2 is 1.76 bits per heavy atom. The maximum Gasteiger partial charge on any atom is 0.256 e. The second kappa shape index (κ2) is 17.7. The Morgan fingerprint density at radius 3 is 2.50 bits per heavy atom. The van der Waals surface area contributed by atoms with Crippen molar-refractivity contribution in [2.45, 2.75) is 58.7 Å². The molecule has 3 aromatic rings. The number of hydrogen-bond acceptors (Lipinski definition) is 7. The van der Waals surface area contributed by atoms with Gasteiger partial charge in [-0.1, -0.05) is 74.3 Å². The van der Waals surface area contributed by atoms with Gasteiger partial charge >= 0.3 is 0 Å². The highest BCUT2D eigenvalue weighted by atomic mass is 35.5. The number of aryl methyl sites for hydroxylation is 1. The Bertz CT molecular complexity index is 1610. The van der Waals surface area contributed by atoms with Gasteiger partial charge < -0.3 is 34.6 Å². The van der Waals surface area contributed by atoms with Crippen molar-refractivity contribution in [3.05, 3.63) is 87.4 Å². The van der Waals surface area contributed by atoms with E-state index in [1.165, 1.54) is 0 Å². The summed E-state index contributed by atoms with van der Waals surface area (Å²) in [6.45, 7) is 11.5. The number of methoxy groups -OCH3 is 1. The summed E-state index contributed by atoms with van der Waals surface area (Å²) < 4.78 is 19.0. The van der Waals surface area contributed by atoms with Crippen LogP contribution in [0.4, 0.5) is 5.69 Å². The first-order valence-electron chi connectivity index (χ1n) is 17.5. The van der Waals surface area contributed by atoms with Crippen LogP contribution in [0.1, 0.15) is 62.8 Å². The molecular weight excluding hydrogens is 675 g/mol. The summed E-state index contributed by atoms with van der Waals surface area (Å²) in [6.07, 6.45) is 0.872. The fourth-order valence-corrected chi connectivity index (χ4v) is 6.88. The van der Waals surface area contributed by atoms with Crippen molar-refractivity contribution in [1.29, 1.82) is 0 Å². The molecule has 0 spiro atoms. The fourth-order valence-electron chi connectivity index (χ4n) is 6.47. The molecule has 270 valence electrons. The summed E-state index contributed by atoms with van der Waals surface area (Å²) in [6, 6.07) is 19.1. The van der Waals surface area contributed by atoms with E-state index in [0.717, 1.165) is 61.6 Å². The van der Waals surface area contributed by atoms with Crippen LogP contribution in [0.3, 0.4) is 0 Å². The zero-order chi connectivity index (χ0) is 35.7. The van der Waals surface area contributed by atoms with Crippen molar-refractivity contribution >= 4 is 40.7 Å². The molecule has 0 saturated carbocycles. The molecule has 2 atom stereocenters. The molecule has 0 bridgehead atoms. The molecule has 0 radical (unpaired) electrons. The highest BCUT2D eigenvalue weighted by Gasteiger charge is 2.40. The van der Waals surface area contributed by atoms with E-state index in [4.69, 9.17) is 37.4 Å². The van der Waals surface area contributed by atoms with E-state index in [0.29, 0.717) is 54.0 Å². The van der Waals surface area contributed by atoms with E-state index < -0.39 is 12.2 Å². The molecule has 0 aromatic heterocycles. The maximum atomic E-state index is 14.4. The van der Waals surface area contributed by atoms with Crippen molar-refractivity contribution in [2.75, 3.05) is 64.4 Å². The van der Waals surface area contributed by atoms with Gasteiger partial charge in [-0.05, 0) is 73.7 Å². The Balaban J connectivity index is 1.34. The van der Waals surface area contributed by atoms with Crippen LogP contribution in [0.2, 0.25) is 10.0 Å². The zero-order valence-electron chi connectivity index (χ0n) is 29.6. The summed E-state index contributed by atoms with van der Waals surface area (Å²) in [5.74, 6) is 0.733. The molecule has 2 N–H and O–H groups in total. The van der Waals surface area contributed by atoms with Gasteiger partial charge in [0.1, 0.15) is 12.2 Å². The minimum Gasteiger partial charge on any atom is -0.492 e. The number of hydrogen-bond donors (Lipinski definition) is 2. The van der Waals surface area contributed by atoms with Crippen LogP contribution in [-0.2, 0) is 20.7 Å². The Morgan fingerprint density at radius 1 is 1.00 bits per heavy atom. The lowest BCUT2D eigenvalue weighted by atomic mass is 9.94. The Labute approximate surface area is 306 Å². The van der Waals surface area contributed by atoms with Crippen LogP contribution in [-0.4, -0.2) is 82.3 Å². The number of anilines is 1. The van der Waals surface area contributed by atoms with Gasteiger partial charge in [0.05, 0.1) is 20.1 Å². The first kappa shape index (κ1) is 37.9. The van der Waals surface area contributed by atoms with Gasteiger partial charge in [0.2, 0.25) is 5.91 Å². The van der Waals surface area contributed by atoms with Gasteiger partial charge in [-0.2, -0.15) is 0 Å². The first-order chi connectivity index (χ1) is 24.1. The molecule has 1 fully saturated rings. The predicted molar refractivity (Wildman–Crippen MR) is 200 cm³/mol. The summed E-state index contributed by atoms with van der Waals surface area (Å²) >= 11 is 12.9. The largest absolute Gasteiger partial charge is 0.492 e. The quantitative estimate of drug-likeness (QED) is 0.179. The standard InChI is InChI=1S/C39H50Cl2N4O5/c1-39(2,3)26-45-32-16-15-28(40)24-30(32)36(50-34(38(45)47)25-35(46)44-21-19-43-20-22-44)29-12-7-14-33(37(29)48-4)49-23-9-18-42-17-8-11-27-10-5-6-13-31(27)41/h5-7,10,12-16,24,34,36,42-43H,8-9,11,17-23,25-26H2,1-4H3/t34-,36-/m1/s1. The van der Waals surface area contributed by atoms with E-state index in [1.54, 1.807) is 23.0 Å². The molecule has 11 heteroatoms. The molecule has 2 heterocycles. The molecular formula is C39H50Cl2N4O5. The topological polar surface area (TPSA) is 92.4 Å². The molecule has 0 unspecified atom stereocenters. The number of nitrogens with one attached hydrogen (secondary N) is 2. The van der Waals surface area contributed by atoms with E-state index in [9.17, 15) is 9.59 Å². The van der Waals surface area contributed by atoms with Gasteiger partial charge in [0.15, 0.2) is 11.5 Å². The maximum absolute atomic E-state index is 14.4. The van der Waals surface area contributed by atoms with Crippen molar-refractivity contribution < 1.29 is 23.8 Å². The number of amides is 2. The van der Waals surface area contributed by atoms with Crippen LogP contribution in [0.25, 0.3) is 0 Å². The Kier molecular flexibility index (Phi) is 13.4. The average molecular weight is 726 g/mol. The second-order valence-corrected chi connectivity index (χ2v) is 14.9. The smallest absolute Gasteiger partial charge is 0.256 e. The van der Waals surface area contributed by atoms with E-state index in [2.05, 4.69) is 37.5 Å². The van der Waals surface area contributed by atoms with Gasteiger partial charge in [-0.3, -0.25) is 9.59 Å². The first-order valence-corrected chi connectivity index (χ1v) is 18.3. The lowest BCUT2D eigenvalue weighted by Crippen LogP contribution is -2.49. The van der Waals surface area contributed by atoms with Crippen molar-refractivity contribution in [3.8, 4) is 11.5 Å². The number of carbonyl (C=O) groups excluding carboxylic acids is 2. The van der Waals surface area contributed by atoms with Crippen LogP contribution in [0.15, 0.2) is 60.7 Å². The number of rotatable bonds is 14. The molecule has 2 aliphatic rings. The van der Waals surface area contributed by atoms with E-state index in [1.807, 2.05) is 48.5 Å². The molecule has 9 nitrogen and oxygen atoms in total. The number of halogens is 2. The minimum atomic E-state index is -1.02.